The standard InChI is InChI=1S/C15H23Br2NOS/c1-5-6-18-14(11-7-12(16)20-15(11)17)13-8(2)9(3)19-10(13)4/h7-10,13-14,18H,5-6H2,1-4H3. The Labute approximate surface area is 142 Å². The Morgan fingerprint density at radius 1 is 1.30 bits per heavy atom. The third-order valence-corrected chi connectivity index (χ3v) is 6.72. The van der Waals surface area contributed by atoms with Gasteiger partial charge in [0.15, 0.2) is 0 Å². The number of nitrogens with one attached hydrogen (secondary N) is 1. The van der Waals surface area contributed by atoms with E-state index in [-0.39, 0.29) is 0 Å². The Morgan fingerprint density at radius 3 is 2.45 bits per heavy atom. The second-order valence-corrected chi connectivity index (χ2v) is 9.44. The lowest BCUT2D eigenvalue weighted by Gasteiger charge is -2.30. The Kier molecular flexibility index (Phi) is 6.12. The Bertz CT molecular complexity index is 451. The lowest BCUT2D eigenvalue weighted by atomic mass is 9.81. The number of rotatable bonds is 5. The number of hydrogen-bond donors (Lipinski definition) is 1. The van der Waals surface area contributed by atoms with Crippen LogP contribution in [0.3, 0.4) is 0 Å². The summed E-state index contributed by atoms with van der Waals surface area (Å²) < 4.78 is 8.45. The third-order valence-electron chi connectivity index (χ3n) is 4.34. The van der Waals surface area contributed by atoms with Crippen molar-refractivity contribution in [3.63, 3.8) is 0 Å². The van der Waals surface area contributed by atoms with Gasteiger partial charge in [-0.25, -0.2) is 0 Å². The molecule has 2 heterocycles. The Balaban J connectivity index is 2.30. The van der Waals surface area contributed by atoms with E-state index in [0.29, 0.717) is 30.1 Å². The normalized spacial score (nSPS) is 31.7. The number of halogens is 2. The van der Waals surface area contributed by atoms with Gasteiger partial charge in [-0.05, 0) is 76.2 Å². The fourth-order valence-electron chi connectivity index (χ4n) is 3.19. The molecule has 1 aromatic rings. The van der Waals surface area contributed by atoms with Crippen molar-refractivity contribution < 1.29 is 4.74 Å². The van der Waals surface area contributed by atoms with E-state index in [1.807, 2.05) is 0 Å². The topological polar surface area (TPSA) is 21.3 Å². The summed E-state index contributed by atoms with van der Waals surface area (Å²) >= 11 is 9.06. The van der Waals surface area contributed by atoms with Crippen LogP contribution >= 0.6 is 43.2 Å². The maximum Gasteiger partial charge on any atom is 0.0758 e. The molecule has 1 fully saturated rings. The van der Waals surface area contributed by atoms with E-state index in [9.17, 15) is 0 Å². The molecule has 0 amide bonds. The molecule has 5 unspecified atom stereocenters. The van der Waals surface area contributed by atoms with Gasteiger partial charge in [0.25, 0.3) is 0 Å². The van der Waals surface area contributed by atoms with Crippen molar-refractivity contribution >= 4 is 43.2 Å². The summed E-state index contributed by atoms with van der Waals surface area (Å²) in [7, 11) is 0. The van der Waals surface area contributed by atoms with Crippen molar-refractivity contribution in [2.75, 3.05) is 6.54 Å². The molecule has 0 saturated carbocycles. The van der Waals surface area contributed by atoms with Crippen LogP contribution in [0.4, 0.5) is 0 Å². The first-order valence-corrected chi connectivity index (χ1v) is 9.69. The van der Waals surface area contributed by atoms with Gasteiger partial charge in [-0.2, -0.15) is 0 Å². The second kappa shape index (κ2) is 7.23. The molecule has 0 aromatic carbocycles. The van der Waals surface area contributed by atoms with Crippen LogP contribution in [0.25, 0.3) is 0 Å². The molecule has 1 aliphatic heterocycles. The second-order valence-electron chi connectivity index (χ2n) is 5.69. The molecule has 0 aliphatic carbocycles. The lowest BCUT2D eigenvalue weighted by Crippen LogP contribution is -2.35. The van der Waals surface area contributed by atoms with Crippen molar-refractivity contribution in [2.45, 2.75) is 52.4 Å². The molecule has 2 rings (SSSR count). The summed E-state index contributed by atoms with van der Waals surface area (Å²) in [4.78, 5) is 0. The van der Waals surface area contributed by atoms with Crippen LogP contribution in [0, 0.1) is 11.8 Å². The van der Waals surface area contributed by atoms with Crippen LogP contribution in [0.15, 0.2) is 13.6 Å². The molecule has 1 aliphatic rings. The van der Waals surface area contributed by atoms with Crippen molar-refractivity contribution in [2.24, 2.45) is 11.8 Å². The summed E-state index contributed by atoms with van der Waals surface area (Å²) in [6, 6.07) is 2.59. The van der Waals surface area contributed by atoms with Gasteiger partial charge in [0.05, 0.1) is 19.8 Å². The summed E-state index contributed by atoms with van der Waals surface area (Å²) in [6.45, 7) is 9.96. The van der Waals surface area contributed by atoms with Gasteiger partial charge < -0.3 is 10.1 Å². The molecule has 0 bridgehead atoms. The first-order chi connectivity index (χ1) is 9.45. The predicted molar refractivity (Wildman–Crippen MR) is 93.4 cm³/mol. The first kappa shape index (κ1) is 16.9. The Morgan fingerprint density at radius 2 is 2.00 bits per heavy atom. The van der Waals surface area contributed by atoms with Gasteiger partial charge in [0, 0.05) is 12.0 Å². The highest BCUT2D eigenvalue weighted by molar-refractivity contribution is 9.12. The van der Waals surface area contributed by atoms with E-state index in [1.165, 1.54) is 13.1 Å². The van der Waals surface area contributed by atoms with E-state index in [1.54, 1.807) is 11.3 Å². The molecule has 1 aromatic heterocycles. The van der Waals surface area contributed by atoms with Gasteiger partial charge in [-0.1, -0.05) is 13.8 Å². The van der Waals surface area contributed by atoms with Crippen LogP contribution in [0.1, 0.15) is 45.7 Å². The summed E-state index contributed by atoms with van der Waals surface area (Å²) in [5.41, 5.74) is 1.36. The fourth-order valence-corrected chi connectivity index (χ4v) is 6.12. The lowest BCUT2D eigenvalue weighted by molar-refractivity contribution is 0.0475. The predicted octanol–water partition coefficient (Wildman–Crippen LogP) is 5.37. The number of hydrogen-bond acceptors (Lipinski definition) is 3. The van der Waals surface area contributed by atoms with Gasteiger partial charge in [-0.3, -0.25) is 0 Å². The molecule has 1 saturated heterocycles. The van der Waals surface area contributed by atoms with Crippen molar-refractivity contribution in [1.29, 1.82) is 0 Å². The van der Waals surface area contributed by atoms with Crippen LogP contribution in [-0.4, -0.2) is 18.8 Å². The molecule has 0 spiro atoms. The molecule has 0 radical (unpaired) electrons. The Hall–Kier alpha value is 0.580. The van der Waals surface area contributed by atoms with E-state index >= 15 is 0 Å². The summed E-state index contributed by atoms with van der Waals surface area (Å²) in [6.07, 6.45) is 1.77. The molecule has 114 valence electrons. The van der Waals surface area contributed by atoms with E-state index in [0.717, 1.165) is 13.0 Å². The minimum atomic E-state index is 0.292. The highest BCUT2D eigenvalue weighted by Crippen LogP contribution is 2.45. The summed E-state index contributed by atoms with van der Waals surface area (Å²) in [5, 5.41) is 3.74. The van der Waals surface area contributed by atoms with Gasteiger partial charge >= 0.3 is 0 Å². The first-order valence-electron chi connectivity index (χ1n) is 7.29. The van der Waals surface area contributed by atoms with Crippen LogP contribution < -0.4 is 5.32 Å². The maximum atomic E-state index is 6.05. The number of thiophene rings is 1. The van der Waals surface area contributed by atoms with Gasteiger partial charge in [0.2, 0.25) is 0 Å². The van der Waals surface area contributed by atoms with Gasteiger partial charge in [0.1, 0.15) is 0 Å². The highest BCUT2D eigenvalue weighted by Gasteiger charge is 2.42. The molecule has 20 heavy (non-hydrogen) atoms. The van der Waals surface area contributed by atoms with E-state index in [4.69, 9.17) is 4.74 Å². The zero-order valence-corrected chi connectivity index (χ0v) is 16.4. The monoisotopic (exact) mass is 423 g/mol. The molecule has 5 atom stereocenters. The fraction of sp³-hybridized carbons (Fsp3) is 0.733. The average molecular weight is 425 g/mol. The SMILES string of the molecule is CCCNC(c1cc(Br)sc1Br)C1C(C)OC(C)C1C. The van der Waals surface area contributed by atoms with E-state index < -0.39 is 0 Å². The van der Waals surface area contributed by atoms with Crippen molar-refractivity contribution in [3.05, 3.63) is 19.2 Å². The molecular weight excluding hydrogens is 402 g/mol. The molecule has 1 N–H and O–H groups in total. The highest BCUT2D eigenvalue weighted by atomic mass is 79.9. The van der Waals surface area contributed by atoms with Crippen molar-refractivity contribution in [3.8, 4) is 0 Å². The van der Waals surface area contributed by atoms with Crippen LogP contribution in [-0.2, 0) is 4.74 Å². The molecule has 2 nitrogen and oxygen atoms in total. The largest absolute Gasteiger partial charge is 0.375 e. The molecule has 5 heteroatoms. The molecular formula is C15H23Br2NOS. The number of ether oxygens (including phenoxy) is 1. The van der Waals surface area contributed by atoms with E-state index in [2.05, 4.69) is 70.9 Å². The maximum absolute atomic E-state index is 6.05. The third kappa shape index (κ3) is 3.49. The minimum Gasteiger partial charge on any atom is -0.375 e. The van der Waals surface area contributed by atoms with Gasteiger partial charge in [-0.15, -0.1) is 11.3 Å². The van der Waals surface area contributed by atoms with Crippen LogP contribution in [0.5, 0.6) is 0 Å². The minimum absolute atomic E-state index is 0.292. The average Bonchev–Trinajstić information content (AvgIpc) is 2.83. The smallest absolute Gasteiger partial charge is 0.0758 e. The van der Waals surface area contributed by atoms with Crippen molar-refractivity contribution in [1.82, 2.24) is 5.32 Å². The summed E-state index contributed by atoms with van der Waals surface area (Å²) in [5.74, 6) is 1.07. The van der Waals surface area contributed by atoms with Crippen LogP contribution in [0.2, 0.25) is 0 Å². The quantitative estimate of drug-likeness (QED) is 0.685. The zero-order chi connectivity index (χ0) is 14.9. The zero-order valence-electron chi connectivity index (χ0n) is 12.5.